The fraction of sp³-hybridized carbons (Fsp3) is 0. The van der Waals surface area contributed by atoms with Crippen LogP contribution in [0.5, 0.6) is 0 Å². The van der Waals surface area contributed by atoms with Crippen LogP contribution < -0.4 is 0 Å². The minimum absolute atomic E-state index is 0. The van der Waals surface area contributed by atoms with Crippen molar-refractivity contribution in [1.29, 1.82) is 0 Å². The molecule has 0 unspecified atom stereocenters. The topological polar surface area (TPSA) is 0 Å². The zero-order valence-electron chi connectivity index (χ0n) is 3.54. The van der Waals surface area contributed by atoms with E-state index in [1.54, 1.807) is 0 Å². The first kappa shape index (κ1) is 64.6. The van der Waals surface area contributed by atoms with Gasteiger partial charge in [0.05, 0.1) is 0 Å². The molecule has 0 atom stereocenters. The minimum atomic E-state index is 0. The van der Waals surface area contributed by atoms with Crippen molar-refractivity contribution in [3.63, 3.8) is 0 Å². The van der Waals surface area contributed by atoms with Gasteiger partial charge < -0.3 is 0 Å². The van der Waals surface area contributed by atoms with Crippen LogP contribution in [0.3, 0.4) is 0 Å². The van der Waals surface area contributed by atoms with E-state index in [1.165, 1.54) is 0 Å². The molecule has 0 amide bonds. The van der Waals surface area contributed by atoms with E-state index in [-0.39, 0.29) is 433 Å². The molecule has 0 heterocycles. The van der Waals surface area contributed by atoms with Crippen LogP contribution in [0.1, 0.15) is 0 Å². The molecule has 0 aromatic rings. The molecule has 0 aliphatic heterocycles. The zero-order chi connectivity index (χ0) is 0. The molecule has 0 aliphatic carbocycles. The quantitative estimate of drug-likeness (QED) is 0.323. The van der Waals surface area contributed by atoms with Crippen molar-refractivity contribution >= 4 is 0 Å². The van der Waals surface area contributed by atoms with Gasteiger partial charge in [-0.25, -0.2) is 0 Å². The van der Waals surface area contributed by atoms with Gasteiger partial charge in [-0.05, 0) is 0 Å². The normalized spacial score (nSPS) is 0. The predicted octanol–water partition coefficient (Wildman–Crippen LogP) is 0. The average Bonchev–Trinajstić information content (AvgIpc) is 0. The van der Waals surface area contributed by atoms with Gasteiger partial charge >= 0.3 is 0 Å². The molecule has 10 heavy (non-hydrogen) atoms. The summed E-state index contributed by atoms with van der Waals surface area (Å²) in [6, 6.07) is 0. The van der Waals surface area contributed by atoms with Gasteiger partial charge in [-0.15, -0.1) is 0 Å². The molecule has 0 aromatic heterocycles. The Balaban J connectivity index is 0. The van der Waals surface area contributed by atoms with Crippen LogP contribution in [0.4, 0.5) is 0 Å². The summed E-state index contributed by atoms with van der Waals surface area (Å²) in [6.45, 7) is 0. The van der Waals surface area contributed by atoms with Crippen LogP contribution in [0.25, 0.3) is 0 Å². The monoisotopic (exact) mass is 859 g/mol. The van der Waals surface area contributed by atoms with Crippen LogP contribution in [0, 0.1) is 433 Å². The Morgan fingerprint density at radius 1 is 0.200 bits per heavy atom. The summed E-state index contributed by atoms with van der Waals surface area (Å²) in [5.41, 5.74) is 0. The predicted molar refractivity (Wildman–Crippen MR) is 0 cm³/mol. The number of hydrogen-bond acceptors (Lipinski definition) is 0. The van der Waals surface area contributed by atoms with Crippen molar-refractivity contribution < 1.29 is 433 Å². The summed E-state index contributed by atoms with van der Waals surface area (Å²) in [6.07, 6.45) is 0. The molecule has 0 N–H and O–H groups in total. The molecular weight excluding hydrogens is 856 g/mol. The van der Waals surface area contributed by atoms with E-state index in [1.807, 2.05) is 0 Å². The molecule has 0 bridgehead atoms. The van der Waals surface area contributed by atoms with Gasteiger partial charge in [0.25, 0.3) is 0 Å². The van der Waals surface area contributed by atoms with E-state index in [4.69, 9.17) is 0 Å². The van der Waals surface area contributed by atoms with Crippen molar-refractivity contribution in [2.24, 2.45) is 0 Å². The SMILES string of the molecule is [Ar].[Ar].[Ar].[Ar].[Ar].[Xe].[Xe].[Xe].[Xe].[Xe]. The molecule has 0 saturated heterocycles. The van der Waals surface area contributed by atoms with Gasteiger partial charge in [0, 0.05) is 433 Å². The largest absolute Gasteiger partial charge is 0 e. The van der Waals surface area contributed by atoms with E-state index in [9.17, 15) is 0 Å². The summed E-state index contributed by atoms with van der Waals surface area (Å²) in [5.74, 6) is 0. The van der Waals surface area contributed by atoms with Crippen molar-refractivity contribution in [2.45, 2.75) is 0 Å². The molecule has 0 spiro atoms. The van der Waals surface area contributed by atoms with Gasteiger partial charge in [-0.1, -0.05) is 0 Å². The Bertz CT molecular complexity index is 10.0. The van der Waals surface area contributed by atoms with E-state index >= 15 is 0 Å². The van der Waals surface area contributed by atoms with Gasteiger partial charge in [0.1, 0.15) is 0 Å². The Morgan fingerprint density at radius 2 is 0.200 bits per heavy atom. The second-order valence-electron chi connectivity index (χ2n) is 0. The summed E-state index contributed by atoms with van der Waals surface area (Å²) >= 11 is 0. The smallest absolute Gasteiger partial charge is 0 e. The van der Waals surface area contributed by atoms with Crippen LogP contribution in [0.2, 0.25) is 0 Å². The van der Waals surface area contributed by atoms with E-state index < -0.39 is 0 Å². The maximum Gasteiger partial charge on any atom is 0 e. The zero-order valence-corrected chi connectivity index (χ0v) is 17.2. The van der Waals surface area contributed by atoms with E-state index in [0.29, 0.717) is 0 Å². The molecule has 0 radical (unpaired) electrons. The van der Waals surface area contributed by atoms with Gasteiger partial charge in [-0.2, -0.15) is 0 Å². The molecular formula is Ar5Xe5. The summed E-state index contributed by atoms with van der Waals surface area (Å²) < 4.78 is 0. The summed E-state index contributed by atoms with van der Waals surface area (Å²) in [7, 11) is 0. The molecule has 0 saturated carbocycles. The third kappa shape index (κ3) is 49.5. The first-order chi connectivity index (χ1) is 0. The molecule has 80 valence electrons. The molecule has 0 fully saturated rings. The summed E-state index contributed by atoms with van der Waals surface area (Å²) in [5, 5.41) is 0. The van der Waals surface area contributed by atoms with Gasteiger partial charge in [-0.3, -0.25) is 0 Å². The van der Waals surface area contributed by atoms with Crippen molar-refractivity contribution in [3.05, 3.63) is 0 Å². The van der Waals surface area contributed by atoms with Crippen molar-refractivity contribution in [1.82, 2.24) is 0 Å². The van der Waals surface area contributed by atoms with Gasteiger partial charge in [0.15, 0.2) is 0 Å². The Morgan fingerprint density at radius 3 is 0.200 bits per heavy atom. The van der Waals surface area contributed by atoms with E-state index in [0.717, 1.165) is 0 Å². The number of hydrogen-bond donors (Lipinski definition) is 0. The third-order valence-corrected chi connectivity index (χ3v) is 0. The first-order valence-corrected chi connectivity index (χ1v) is 0. The maximum absolute atomic E-state index is 0. The minimum Gasteiger partial charge on any atom is 0 e. The Kier molecular flexibility index (Phi) is 367. The van der Waals surface area contributed by atoms with Crippen molar-refractivity contribution in [3.8, 4) is 0 Å². The second kappa shape index (κ2) is 56.7. The fourth-order valence-electron chi connectivity index (χ4n) is 0. The molecule has 10 heteroatoms. The Labute approximate surface area is 415 Å². The first-order valence-electron chi connectivity index (χ1n) is 0. The fourth-order valence-corrected chi connectivity index (χ4v) is 0. The van der Waals surface area contributed by atoms with Crippen LogP contribution in [-0.2, 0) is 0 Å². The van der Waals surface area contributed by atoms with Crippen LogP contribution in [-0.4, -0.2) is 0 Å². The molecule has 0 rings (SSSR count). The third-order valence-electron chi connectivity index (χ3n) is 0. The summed E-state index contributed by atoms with van der Waals surface area (Å²) in [4.78, 5) is 0. The second-order valence-corrected chi connectivity index (χ2v) is 0. The number of rotatable bonds is 0. The molecule has 0 aromatic carbocycles. The maximum atomic E-state index is 0. The van der Waals surface area contributed by atoms with Crippen molar-refractivity contribution in [2.75, 3.05) is 0 Å². The average molecular weight is 856 g/mol. The van der Waals surface area contributed by atoms with Crippen LogP contribution in [0.15, 0.2) is 0 Å². The molecule has 0 aliphatic rings. The van der Waals surface area contributed by atoms with E-state index in [2.05, 4.69) is 0 Å². The standard InChI is InChI=1S/5Ar.5Xe. The Hall–Kier alpha value is 14.2. The molecule has 0 nitrogen and oxygen atoms in total. The van der Waals surface area contributed by atoms with Gasteiger partial charge in [0.2, 0.25) is 0 Å². The van der Waals surface area contributed by atoms with Crippen LogP contribution >= 0.6 is 0 Å².